The van der Waals surface area contributed by atoms with Gasteiger partial charge in [0.25, 0.3) is 5.91 Å². The van der Waals surface area contributed by atoms with Crippen molar-refractivity contribution in [2.75, 3.05) is 39.8 Å². The van der Waals surface area contributed by atoms with Gasteiger partial charge in [-0.2, -0.15) is 4.72 Å². The first-order valence-electron chi connectivity index (χ1n) is 10.7. The van der Waals surface area contributed by atoms with E-state index < -0.39 is 22.0 Å². The smallest absolute Gasteiger partial charge is 0.261 e. The van der Waals surface area contributed by atoms with E-state index in [4.69, 9.17) is 11.6 Å². The van der Waals surface area contributed by atoms with Crippen LogP contribution in [0.2, 0.25) is 4.34 Å². The van der Waals surface area contributed by atoms with Crippen LogP contribution in [0.15, 0.2) is 47.5 Å². The number of likely N-dealkylation sites (N-methyl/N-ethyl adjacent to an activating group) is 1. The Labute approximate surface area is 207 Å². The second-order valence-corrected chi connectivity index (χ2v) is 11.6. The molecule has 1 fully saturated rings. The number of hydrogen-bond acceptors (Lipinski definition) is 6. The monoisotopic (exact) mass is 523 g/mol. The Kier molecular flexibility index (Phi) is 7.29. The first kappa shape index (κ1) is 24.7. The SMILES string of the molecule is CN1CCN(C(=O)[C@H](CNC(=O)c2ccc(Cl)s2)NS(=O)(=O)c2cccc3c2ccn3C)CC1. The zero-order chi connectivity index (χ0) is 24.5. The van der Waals surface area contributed by atoms with Crippen LogP contribution in [0.1, 0.15) is 9.67 Å². The minimum Gasteiger partial charge on any atom is -0.351 e. The van der Waals surface area contributed by atoms with Crippen molar-refractivity contribution in [2.24, 2.45) is 7.05 Å². The van der Waals surface area contributed by atoms with Gasteiger partial charge in [-0.3, -0.25) is 9.59 Å². The van der Waals surface area contributed by atoms with Crippen molar-refractivity contribution < 1.29 is 18.0 Å². The van der Waals surface area contributed by atoms with E-state index in [1.807, 2.05) is 24.7 Å². The van der Waals surface area contributed by atoms with Gasteiger partial charge in [0.15, 0.2) is 0 Å². The molecule has 9 nitrogen and oxygen atoms in total. The normalized spacial score (nSPS) is 16.0. The zero-order valence-corrected chi connectivity index (χ0v) is 21.2. The lowest BCUT2D eigenvalue weighted by atomic mass is 10.2. The molecule has 182 valence electrons. The molecule has 1 aliphatic heterocycles. The summed E-state index contributed by atoms with van der Waals surface area (Å²) in [5.41, 5.74) is 0.757. The van der Waals surface area contributed by atoms with E-state index in [2.05, 4.69) is 14.9 Å². The summed E-state index contributed by atoms with van der Waals surface area (Å²) in [7, 11) is -0.268. The lowest BCUT2D eigenvalue weighted by Crippen LogP contribution is -2.57. The molecule has 4 rings (SSSR count). The number of benzene rings is 1. The van der Waals surface area contributed by atoms with Crippen LogP contribution in [0.25, 0.3) is 10.9 Å². The van der Waals surface area contributed by atoms with Gasteiger partial charge in [0, 0.05) is 56.9 Å². The summed E-state index contributed by atoms with van der Waals surface area (Å²) < 4.78 is 31.6. The summed E-state index contributed by atoms with van der Waals surface area (Å²) in [6, 6.07) is 8.76. The molecule has 12 heteroatoms. The van der Waals surface area contributed by atoms with E-state index in [0.717, 1.165) is 16.9 Å². The summed E-state index contributed by atoms with van der Waals surface area (Å²) in [5.74, 6) is -0.793. The predicted octanol–water partition coefficient (Wildman–Crippen LogP) is 1.74. The third kappa shape index (κ3) is 5.28. The van der Waals surface area contributed by atoms with Gasteiger partial charge in [0.1, 0.15) is 6.04 Å². The molecule has 1 saturated heterocycles. The number of halogens is 1. The topological polar surface area (TPSA) is 104 Å². The number of sulfonamides is 1. The van der Waals surface area contributed by atoms with Crippen LogP contribution in [0.4, 0.5) is 0 Å². The highest BCUT2D eigenvalue weighted by molar-refractivity contribution is 7.89. The molecule has 0 unspecified atom stereocenters. The number of thiophene rings is 1. The summed E-state index contributed by atoms with van der Waals surface area (Å²) in [6.07, 6.45) is 1.78. The van der Waals surface area contributed by atoms with Crippen molar-refractivity contribution in [1.82, 2.24) is 24.4 Å². The van der Waals surface area contributed by atoms with Gasteiger partial charge < -0.3 is 19.7 Å². The quantitative estimate of drug-likeness (QED) is 0.491. The van der Waals surface area contributed by atoms with Crippen molar-refractivity contribution in [1.29, 1.82) is 0 Å². The molecule has 0 radical (unpaired) electrons. The van der Waals surface area contributed by atoms with Gasteiger partial charge in [-0.1, -0.05) is 17.7 Å². The van der Waals surface area contributed by atoms with Crippen LogP contribution in [0.5, 0.6) is 0 Å². The maximum absolute atomic E-state index is 13.4. The molecule has 0 spiro atoms. The van der Waals surface area contributed by atoms with Gasteiger partial charge in [0.2, 0.25) is 15.9 Å². The number of amides is 2. The largest absolute Gasteiger partial charge is 0.351 e. The van der Waals surface area contributed by atoms with Gasteiger partial charge in [-0.15, -0.1) is 11.3 Å². The zero-order valence-electron chi connectivity index (χ0n) is 18.8. The molecule has 3 heterocycles. The van der Waals surface area contributed by atoms with Crippen LogP contribution in [-0.4, -0.2) is 80.4 Å². The first-order valence-corrected chi connectivity index (χ1v) is 13.4. The van der Waals surface area contributed by atoms with Crippen molar-refractivity contribution in [3.05, 3.63) is 51.8 Å². The summed E-state index contributed by atoms with van der Waals surface area (Å²) in [6.45, 7) is 2.15. The van der Waals surface area contributed by atoms with Crippen LogP contribution in [0, 0.1) is 0 Å². The lowest BCUT2D eigenvalue weighted by Gasteiger charge is -2.34. The molecular formula is C22H26ClN5O4S2. The van der Waals surface area contributed by atoms with Crippen LogP contribution >= 0.6 is 22.9 Å². The molecule has 0 bridgehead atoms. The number of rotatable bonds is 7. The maximum Gasteiger partial charge on any atom is 0.261 e. The highest BCUT2D eigenvalue weighted by Gasteiger charge is 2.32. The fourth-order valence-corrected chi connectivity index (χ4v) is 6.27. The molecular weight excluding hydrogens is 498 g/mol. The van der Waals surface area contributed by atoms with E-state index in [9.17, 15) is 18.0 Å². The Morgan fingerprint density at radius 3 is 2.50 bits per heavy atom. The molecule has 1 aromatic carbocycles. The van der Waals surface area contributed by atoms with Gasteiger partial charge in [-0.05, 0) is 37.4 Å². The minimum atomic E-state index is -4.07. The Morgan fingerprint density at radius 2 is 1.82 bits per heavy atom. The first-order chi connectivity index (χ1) is 16.2. The third-order valence-electron chi connectivity index (χ3n) is 5.85. The van der Waals surface area contributed by atoms with E-state index in [1.54, 1.807) is 35.4 Å². The summed E-state index contributed by atoms with van der Waals surface area (Å²) >= 11 is 7.03. The number of nitrogens with one attached hydrogen (secondary N) is 2. The molecule has 34 heavy (non-hydrogen) atoms. The Hall–Kier alpha value is -2.44. The second-order valence-electron chi connectivity index (χ2n) is 8.23. The van der Waals surface area contributed by atoms with Crippen molar-refractivity contribution in [3.8, 4) is 0 Å². The van der Waals surface area contributed by atoms with E-state index >= 15 is 0 Å². The van der Waals surface area contributed by atoms with Crippen LogP contribution < -0.4 is 10.0 Å². The molecule has 2 N–H and O–H groups in total. The van der Waals surface area contributed by atoms with Crippen molar-refractivity contribution in [2.45, 2.75) is 10.9 Å². The van der Waals surface area contributed by atoms with Gasteiger partial charge >= 0.3 is 0 Å². The van der Waals surface area contributed by atoms with Crippen LogP contribution in [-0.2, 0) is 21.9 Å². The average Bonchev–Trinajstić information content (AvgIpc) is 3.42. The van der Waals surface area contributed by atoms with E-state index in [-0.39, 0.29) is 17.3 Å². The average molecular weight is 524 g/mol. The Balaban J connectivity index is 1.58. The number of piperazine rings is 1. The molecule has 0 aliphatic carbocycles. The highest BCUT2D eigenvalue weighted by atomic mass is 35.5. The van der Waals surface area contributed by atoms with E-state index in [0.29, 0.717) is 40.8 Å². The number of fused-ring (bicyclic) bond motifs is 1. The van der Waals surface area contributed by atoms with Gasteiger partial charge in [0.05, 0.1) is 14.1 Å². The number of aromatic nitrogens is 1. The Bertz CT molecular complexity index is 1310. The molecule has 0 saturated carbocycles. The highest BCUT2D eigenvalue weighted by Crippen LogP contribution is 2.24. The standard InChI is InChI=1S/C22H26ClN5O4S2/c1-26-10-12-28(13-11-26)22(30)16(14-24-21(29)18-6-7-20(23)33-18)25-34(31,32)19-5-3-4-17-15(19)8-9-27(17)2/h3-9,16,25H,10-14H2,1-2H3,(H,24,29)/t16-/m0/s1. The van der Waals surface area contributed by atoms with E-state index in [1.165, 1.54) is 6.07 Å². The number of carbonyl (C=O) groups excluding carboxylic acids is 2. The lowest BCUT2D eigenvalue weighted by molar-refractivity contribution is -0.134. The minimum absolute atomic E-state index is 0.0816. The number of nitrogens with zero attached hydrogens (tertiary/aromatic N) is 3. The third-order valence-corrected chi connectivity index (χ3v) is 8.61. The van der Waals surface area contributed by atoms with Gasteiger partial charge in [-0.25, -0.2) is 8.42 Å². The summed E-state index contributed by atoms with van der Waals surface area (Å²) in [4.78, 5) is 30.1. The molecule has 2 amide bonds. The number of hydrogen-bond donors (Lipinski definition) is 2. The number of aryl methyl sites for hydroxylation is 1. The molecule has 3 aromatic rings. The molecule has 1 atom stereocenters. The van der Waals surface area contributed by atoms with Crippen molar-refractivity contribution in [3.63, 3.8) is 0 Å². The molecule has 1 aliphatic rings. The Morgan fingerprint density at radius 1 is 1.09 bits per heavy atom. The second kappa shape index (κ2) is 10.0. The van der Waals surface area contributed by atoms with Crippen molar-refractivity contribution >= 4 is 55.7 Å². The summed E-state index contributed by atoms with van der Waals surface area (Å²) in [5, 5.41) is 3.24. The molecule has 2 aromatic heterocycles. The fraction of sp³-hybridized carbons (Fsp3) is 0.364. The fourth-order valence-electron chi connectivity index (χ4n) is 3.90. The van der Waals surface area contributed by atoms with Crippen LogP contribution in [0.3, 0.4) is 0 Å². The number of carbonyl (C=O) groups is 2. The maximum atomic E-state index is 13.4. The predicted molar refractivity (Wildman–Crippen MR) is 133 cm³/mol.